The minimum Gasteiger partial charge on any atom is -0.389 e. The zero-order valence-electron chi connectivity index (χ0n) is 9.98. The molecule has 0 bridgehead atoms. The molecule has 1 unspecified atom stereocenters. The molecule has 0 saturated carbocycles. The highest BCUT2D eigenvalue weighted by atomic mass is 79.9. The van der Waals surface area contributed by atoms with Gasteiger partial charge in [0.15, 0.2) is 0 Å². The van der Waals surface area contributed by atoms with E-state index in [4.69, 9.17) is 0 Å². The summed E-state index contributed by atoms with van der Waals surface area (Å²) in [7, 11) is 0. The van der Waals surface area contributed by atoms with Crippen molar-refractivity contribution in [1.29, 1.82) is 0 Å². The van der Waals surface area contributed by atoms with Crippen molar-refractivity contribution in [2.45, 2.75) is 26.9 Å². The van der Waals surface area contributed by atoms with Crippen molar-refractivity contribution >= 4 is 15.9 Å². The average molecular weight is 296 g/mol. The van der Waals surface area contributed by atoms with Gasteiger partial charge in [-0.25, -0.2) is 9.67 Å². The monoisotopic (exact) mass is 295 g/mol. The lowest BCUT2D eigenvalue weighted by molar-refractivity contribution is 0.199. The first-order valence-corrected chi connectivity index (χ1v) is 6.16. The van der Waals surface area contributed by atoms with Crippen LogP contribution in [0.1, 0.15) is 30.2 Å². The molecule has 1 aromatic heterocycles. The number of aliphatic hydroxyl groups excluding tert-OH is 1. The van der Waals surface area contributed by atoms with Crippen LogP contribution < -0.4 is 0 Å². The van der Waals surface area contributed by atoms with E-state index in [0.717, 1.165) is 27.4 Å². The molecule has 1 aromatic carbocycles. The quantitative estimate of drug-likeness (QED) is 0.927. The van der Waals surface area contributed by atoms with Gasteiger partial charge in [-0.05, 0) is 54.4 Å². The van der Waals surface area contributed by atoms with Crippen molar-refractivity contribution < 1.29 is 5.11 Å². The highest BCUT2D eigenvalue weighted by molar-refractivity contribution is 9.10. The van der Waals surface area contributed by atoms with E-state index >= 15 is 0 Å². The van der Waals surface area contributed by atoms with Gasteiger partial charge in [0.05, 0.1) is 11.8 Å². The molecule has 0 fully saturated rings. The third-order valence-electron chi connectivity index (χ3n) is 2.56. The SMILES string of the molecule is Cc1nc(C)n(-c2ccc(C(C)O)cc2Br)n1. The van der Waals surface area contributed by atoms with E-state index in [1.807, 2.05) is 32.0 Å². The van der Waals surface area contributed by atoms with Crippen LogP contribution in [0.2, 0.25) is 0 Å². The summed E-state index contributed by atoms with van der Waals surface area (Å²) in [6.45, 7) is 5.52. The number of aliphatic hydroxyl groups is 1. The van der Waals surface area contributed by atoms with Crippen LogP contribution in [-0.2, 0) is 0 Å². The molecule has 2 aromatic rings. The minimum absolute atomic E-state index is 0.473. The number of nitrogens with zero attached hydrogens (tertiary/aromatic N) is 3. The maximum Gasteiger partial charge on any atom is 0.148 e. The first kappa shape index (κ1) is 12.3. The Kier molecular flexibility index (Phi) is 3.31. The molecule has 0 radical (unpaired) electrons. The Morgan fingerprint density at radius 2 is 2.06 bits per heavy atom. The van der Waals surface area contributed by atoms with Crippen LogP contribution in [0.25, 0.3) is 5.69 Å². The fourth-order valence-corrected chi connectivity index (χ4v) is 2.27. The maximum atomic E-state index is 9.51. The first-order chi connectivity index (χ1) is 7.99. The van der Waals surface area contributed by atoms with Crippen molar-refractivity contribution in [2.24, 2.45) is 0 Å². The molecular formula is C12H14BrN3O. The number of aromatic nitrogens is 3. The Morgan fingerprint density at radius 1 is 1.35 bits per heavy atom. The number of hydrogen-bond acceptors (Lipinski definition) is 3. The van der Waals surface area contributed by atoms with Crippen molar-refractivity contribution in [3.05, 3.63) is 39.9 Å². The molecule has 2 rings (SSSR count). The molecule has 17 heavy (non-hydrogen) atoms. The van der Waals surface area contributed by atoms with Crippen LogP contribution >= 0.6 is 15.9 Å². The van der Waals surface area contributed by atoms with Gasteiger partial charge in [0, 0.05) is 4.47 Å². The molecule has 0 aliphatic rings. The molecule has 0 saturated heterocycles. The molecule has 90 valence electrons. The van der Waals surface area contributed by atoms with Gasteiger partial charge in [0.25, 0.3) is 0 Å². The highest BCUT2D eigenvalue weighted by Gasteiger charge is 2.10. The summed E-state index contributed by atoms with van der Waals surface area (Å²) in [5.74, 6) is 1.59. The summed E-state index contributed by atoms with van der Waals surface area (Å²) in [4.78, 5) is 4.27. The second kappa shape index (κ2) is 4.58. The lowest BCUT2D eigenvalue weighted by Crippen LogP contribution is -2.01. The Hall–Kier alpha value is -1.20. The number of benzene rings is 1. The summed E-state index contributed by atoms with van der Waals surface area (Å²) in [5.41, 5.74) is 1.79. The van der Waals surface area contributed by atoms with E-state index in [-0.39, 0.29) is 0 Å². The van der Waals surface area contributed by atoms with Crippen LogP contribution in [-0.4, -0.2) is 19.9 Å². The van der Waals surface area contributed by atoms with Crippen LogP contribution in [0.4, 0.5) is 0 Å². The predicted molar refractivity (Wildman–Crippen MR) is 69.2 cm³/mol. The Balaban J connectivity index is 2.50. The molecule has 1 atom stereocenters. The summed E-state index contributed by atoms with van der Waals surface area (Å²) in [6.07, 6.45) is -0.473. The lowest BCUT2D eigenvalue weighted by Gasteiger charge is -2.09. The van der Waals surface area contributed by atoms with Crippen molar-refractivity contribution in [3.8, 4) is 5.69 Å². The molecule has 0 aliphatic carbocycles. The summed E-state index contributed by atoms with van der Waals surface area (Å²) < 4.78 is 2.68. The van der Waals surface area contributed by atoms with Gasteiger partial charge in [0.2, 0.25) is 0 Å². The molecule has 0 amide bonds. The average Bonchev–Trinajstić information content (AvgIpc) is 2.57. The van der Waals surface area contributed by atoms with E-state index < -0.39 is 6.10 Å². The van der Waals surface area contributed by atoms with Gasteiger partial charge < -0.3 is 5.11 Å². The van der Waals surface area contributed by atoms with Crippen LogP contribution in [0, 0.1) is 13.8 Å². The van der Waals surface area contributed by atoms with Crippen molar-refractivity contribution in [2.75, 3.05) is 0 Å². The van der Waals surface area contributed by atoms with E-state index in [0.29, 0.717) is 0 Å². The van der Waals surface area contributed by atoms with Crippen LogP contribution in [0.3, 0.4) is 0 Å². The minimum atomic E-state index is -0.473. The Bertz CT molecular complexity index is 549. The molecule has 0 aliphatic heterocycles. The molecule has 5 heteroatoms. The predicted octanol–water partition coefficient (Wildman–Crippen LogP) is 2.70. The molecule has 4 nitrogen and oxygen atoms in total. The summed E-state index contributed by atoms with van der Waals surface area (Å²) in [6, 6.07) is 5.71. The van der Waals surface area contributed by atoms with E-state index in [9.17, 15) is 5.11 Å². The topological polar surface area (TPSA) is 50.9 Å². The van der Waals surface area contributed by atoms with Crippen LogP contribution in [0.5, 0.6) is 0 Å². The van der Waals surface area contributed by atoms with Gasteiger partial charge >= 0.3 is 0 Å². The number of hydrogen-bond donors (Lipinski definition) is 1. The van der Waals surface area contributed by atoms with Gasteiger partial charge in [-0.1, -0.05) is 6.07 Å². The third kappa shape index (κ3) is 2.40. The number of rotatable bonds is 2. The summed E-state index contributed by atoms with van der Waals surface area (Å²) >= 11 is 3.50. The Morgan fingerprint density at radius 3 is 2.53 bits per heavy atom. The normalized spacial score (nSPS) is 12.8. The van der Waals surface area contributed by atoms with Crippen molar-refractivity contribution in [1.82, 2.24) is 14.8 Å². The summed E-state index contributed by atoms with van der Waals surface area (Å²) in [5, 5.41) is 13.8. The lowest BCUT2D eigenvalue weighted by atomic mass is 10.1. The van der Waals surface area contributed by atoms with E-state index in [1.54, 1.807) is 11.6 Å². The number of halogens is 1. The van der Waals surface area contributed by atoms with Crippen molar-refractivity contribution in [3.63, 3.8) is 0 Å². The fourth-order valence-electron chi connectivity index (χ4n) is 1.70. The van der Waals surface area contributed by atoms with Crippen LogP contribution in [0.15, 0.2) is 22.7 Å². The second-order valence-electron chi connectivity index (χ2n) is 4.00. The fraction of sp³-hybridized carbons (Fsp3) is 0.333. The molecular weight excluding hydrogens is 282 g/mol. The largest absolute Gasteiger partial charge is 0.389 e. The zero-order valence-corrected chi connectivity index (χ0v) is 11.6. The first-order valence-electron chi connectivity index (χ1n) is 5.37. The maximum absolute atomic E-state index is 9.51. The highest BCUT2D eigenvalue weighted by Crippen LogP contribution is 2.25. The van der Waals surface area contributed by atoms with Gasteiger partial charge in [-0.15, -0.1) is 0 Å². The third-order valence-corrected chi connectivity index (χ3v) is 3.19. The number of aryl methyl sites for hydroxylation is 2. The Labute approximate surface area is 108 Å². The van der Waals surface area contributed by atoms with Gasteiger partial charge in [0.1, 0.15) is 11.6 Å². The second-order valence-corrected chi connectivity index (χ2v) is 4.86. The smallest absolute Gasteiger partial charge is 0.148 e. The standard InChI is InChI=1S/C12H14BrN3O/c1-7(17)10-4-5-12(11(13)6-10)16-9(3)14-8(2)15-16/h4-7,17H,1-3H3. The van der Waals surface area contributed by atoms with E-state index in [2.05, 4.69) is 26.0 Å². The zero-order chi connectivity index (χ0) is 12.6. The van der Waals surface area contributed by atoms with E-state index in [1.165, 1.54) is 0 Å². The molecule has 1 N–H and O–H groups in total. The van der Waals surface area contributed by atoms with Gasteiger partial charge in [-0.3, -0.25) is 0 Å². The molecule has 1 heterocycles. The van der Waals surface area contributed by atoms with Gasteiger partial charge in [-0.2, -0.15) is 5.10 Å². The molecule has 0 spiro atoms.